The number of rotatable bonds is 4. The normalized spacial score (nSPS) is 14.8. The van der Waals surface area contributed by atoms with Gasteiger partial charge in [-0.15, -0.1) is 0 Å². The van der Waals surface area contributed by atoms with Gasteiger partial charge in [0.2, 0.25) is 5.91 Å². The van der Waals surface area contributed by atoms with E-state index in [4.69, 9.17) is 11.6 Å². The maximum atomic E-state index is 11.8. The maximum Gasteiger partial charge on any atom is 0.239 e. The van der Waals surface area contributed by atoms with Crippen molar-refractivity contribution in [1.82, 2.24) is 15.1 Å². The quantitative estimate of drug-likeness (QED) is 0.898. The number of carbonyl (C=O) groups excluding carboxylic acids is 1. The van der Waals surface area contributed by atoms with Crippen molar-refractivity contribution in [3.05, 3.63) is 23.2 Å². The third-order valence-corrected chi connectivity index (χ3v) is 3.53. The molecule has 100 valence electrons. The molecule has 1 heterocycles. The second-order valence-electron chi connectivity index (χ2n) is 4.81. The Bertz CT molecular complexity index is 633. The molecule has 1 amide bonds. The molecule has 1 aliphatic rings. The zero-order valence-electron chi connectivity index (χ0n) is 10.6. The molecule has 2 aromatic rings. The Morgan fingerprint density at radius 2 is 2.32 bits per heavy atom. The molecule has 1 aromatic heterocycles. The number of fused-ring (bicyclic) bond motifs is 1. The summed E-state index contributed by atoms with van der Waals surface area (Å²) < 4.78 is 1.71. The van der Waals surface area contributed by atoms with Gasteiger partial charge in [-0.25, -0.2) is 0 Å². The van der Waals surface area contributed by atoms with Crippen molar-refractivity contribution in [3.8, 4) is 0 Å². The Kier molecular flexibility index (Phi) is 3.16. The molecular formula is C13H15ClN4O. The third-order valence-electron chi connectivity index (χ3n) is 3.21. The lowest BCUT2D eigenvalue weighted by Crippen LogP contribution is -2.29. The summed E-state index contributed by atoms with van der Waals surface area (Å²) >= 11 is 6.18. The van der Waals surface area contributed by atoms with E-state index in [1.165, 1.54) is 0 Å². The number of amides is 1. The number of aryl methyl sites for hydroxylation is 1. The Labute approximate surface area is 115 Å². The largest absolute Gasteiger partial charge is 0.308 e. The summed E-state index contributed by atoms with van der Waals surface area (Å²) in [6.45, 7) is 0.313. The van der Waals surface area contributed by atoms with Crippen molar-refractivity contribution in [1.29, 1.82) is 0 Å². The van der Waals surface area contributed by atoms with Gasteiger partial charge in [0.25, 0.3) is 0 Å². The lowest BCUT2D eigenvalue weighted by atomic mass is 10.2. The van der Waals surface area contributed by atoms with Gasteiger partial charge in [-0.05, 0) is 25.0 Å². The molecule has 2 N–H and O–H groups in total. The summed E-state index contributed by atoms with van der Waals surface area (Å²) in [6.07, 6.45) is 2.32. The number of anilines is 1. The predicted octanol–water partition coefficient (Wildman–Crippen LogP) is 1.92. The fourth-order valence-corrected chi connectivity index (χ4v) is 2.32. The van der Waals surface area contributed by atoms with Crippen molar-refractivity contribution in [2.24, 2.45) is 7.05 Å². The highest BCUT2D eigenvalue weighted by Gasteiger charge is 2.21. The highest BCUT2D eigenvalue weighted by Crippen LogP contribution is 2.29. The van der Waals surface area contributed by atoms with Gasteiger partial charge in [0, 0.05) is 13.1 Å². The van der Waals surface area contributed by atoms with E-state index in [9.17, 15) is 4.79 Å². The SMILES string of the molecule is Cn1nc(NC(=O)CNC2CC2)c2c(Cl)cccc21. The standard InChI is InChI=1S/C13H15ClN4O/c1-18-10-4-2-3-9(14)12(10)13(17-18)16-11(19)7-15-8-5-6-8/h2-4,8,15H,5-7H2,1H3,(H,16,17,19). The van der Waals surface area contributed by atoms with Gasteiger partial charge in [-0.1, -0.05) is 17.7 Å². The van der Waals surface area contributed by atoms with Gasteiger partial charge in [0.05, 0.1) is 22.5 Å². The van der Waals surface area contributed by atoms with E-state index in [2.05, 4.69) is 15.7 Å². The minimum Gasteiger partial charge on any atom is -0.308 e. The van der Waals surface area contributed by atoms with Crippen LogP contribution in [0.5, 0.6) is 0 Å². The smallest absolute Gasteiger partial charge is 0.239 e. The minimum absolute atomic E-state index is 0.0909. The maximum absolute atomic E-state index is 11.8. The number of benzene rings is 1. The molecule has 0 atom stereocenters. The number of nitrogens with one attached hydrogen (secondary N) is 2. The molecule has 0 aliphatic heterocycles. The van der Waals surface area contributed by atoms with Gasteiger partial charge in [-0.2, -0.15) is 5.10 Å². The average Bonchev–Trinajstić information content (AvgIpc) is 3.14. The number of halogens is 1. The fourth-order valence-electron chi connectivity index (χ4n) is 2.06. The Balaban J connectivity index is 1.81. The van der Waals surface area contributed by atoms with Gasteiger partial charge in [0.1, 0.15) is 0 Å². The van der Waals surface area contributed by atoms with Gasteiger partial charge in [0.15, 0.2) is 5.82 Å². The van der Waals surface area contributed by atoms with Crippen molar-refractivity contribution in [2.45, 2.75) is 18.9 Å². The van der Waals surface area contributed by atoms with Crippen LogP contribution in [0, 0.1) is 0 Å². The first-order valence-corrected chi connectivity index (χ1v) is 6.67. The zero-order valence-corrected chi connectivity index (χ0v) is 11.4. The number of hydrogen-bond acceptors (Lipinski definition) is 3. The molecule has 0 spiro atoms. The summed E-state index contributed by atoms with van der Waals surface area (Å²) in [6, 6.07) is 6.09. The van der Waals surface area contributed by atoms with Crippen LogP contribution >= 0.6 is 11.6 Å². The van der Waals surface area contributed by atoms with Crippen LogP contribution in [0.25, 0.3) is 10.9 Å². The molecular weight excluding hydrogens is 264 g/mol. The van der Waals surface area contributed by atoms with Crippen LogP contribution in [-0.2, 0) is 11.8 Å². The van der Waals surface area contributed by atoms with E-state index in [1.807, 2.05) is 19.2 Å². The second-order valence-corrected chi connectivity index (χ2v) is 5.22. The molecule has 1 saturated carbocycles. The summed E-state index contributed by atoms with van der Waals surface area (Å²) in [5.41, 5.74) is 0.901. The fraction of sp³-hybridized carbons (Fsp3) is 0.385. The summed E-state index contributed by atoms with van der Waals surface area (Å²) in [7, 11) is 1.83. The third kappa shape index (κ3) is 2.57. The topological polar surface area (TPSA) is 59.0 Å². The van der Waals surface area contributed by atoms with Gasteiger partial charge in [-0.3, -0.25) is 9.48 Å². The summed E-state index contributed by atoms with van der Waals surface area (Å²) in [5, 5.41) is 11.7. The van der Waals surface area contributed by atoms with Crippen LogP contribution in [0.3, 0.4) is 0 Å². The molecule has 0 radical (unpaired) electrons. The van der Waals surface area contributed by atoms with Crippen molar-refractivity contribution >= 4 is 34.2 Å². The van der Waals surface area contributed by atoms with Crippen LogP contribution in [0.2, 0.25) is 5.02 Å². The highest BCUT2D eigenvalue weighted by atomic mass is 35.5. The average molecular weight is 279 g/mol. The zero-order chi connectivity index (χ0) is 13.4. The summed E-state index contributed by atoms with van der Waals surface area (Å²) in [5.74, 6) is 0.428. The van der Waals surface area contributed by atoms with Crippen LogP contribution in [-0.4, -0.2) is 28.3 Å². The summed E-state index contributed by atoms with van der Waals surface area (Å²) in [4.78, 5) is 11.8. The van der Waals surface area contributed by atoms with E-state index in [0.29, 0.717) is 23.4 Å². The molecule has 19 heavy (non-hydrogen) atoms. The Hall–Kier alpha value is -1.59. The van der Waals surface area contributed by atoms with Gasteiger partial charge >= 0.3 is 0 Å². The predicted molar refractivity (Wildman–Crippen MR) is 75.4 cm³/mol. The highest BCUT2D eigenvalue weighted by molar-refractivity contribution is 6.36. The number of aromatic nitrogens is 2. The Morgan fingerprint density at radius 3 is 3.05 bits per heavy atom. The van der Waals surface area contributed by atoms with Crippen LogP contribution in [0.15, 0.2) is 18.2 Å². The number of hydrogen-bond donors (Lipinski definition) is 2. The molecule has 1 aromatic carbocycles. The monoisotopic (exact) mass is 278 g/mol. The molecule has 0 bridgehead atoms. The van der Waals surface area contributed by atoms with Crippen LogP contribution in [0.1, 0.15) is 12.8 Å². The molecule has 0 unspecified atom stereocenters. The lowest BCUT2D eigenvalue weighted by molar-refractivity contribution is -0.115. The van der Waals surface area contributed by atoms with Crippen molar-refractivity contribution in [3.63, 3.8) is 0 Å². The van der Waals surface area contributed by atoms with E-state index in [1.54, 1.807) is 10.7 Å². The van der Waals surface area contributed by atoms with E-state index in [0.717, 1.165) is 23.7 Å². The number of carbonyl (C=O) groups is 1. The molecule has 5 nitrogen and oxygen atoms in total. The second kappa shape index (κ2) is 4.83. The van der Waals surface area contributed by atoms with E-state index < -0.39 is 0 Å². The first-order valence-electron chi connectivity index (χ1n) is 6.29. The van der Waals surface area contributed by atoms with Crippen molar-refractivity contribution in [2.75, 3.05) is 11.9 Å². The van der Waals surface area contributed by atoms with E-state index in [-0.39, 0.29) is 5.91 Å². The number of nitrogens with zero attached hydrogens (tertiary/aromatic N) is 2. The van der Waals surface area contributed by atoms with Crippen LogP contribution < -0.4 is 10.6 Å². The Morgan fingerprint density at radius 1 is 1.53 bits per heavy atom. The van der Waals surface area contributed by atoms with Crippen molar-refractivity contribution < 1.29 is 4.79 Å². The van der Waals surface area contributed by atoms with Crippen LogP contribution in [0.4, 0.5) is 5.82 Å². The van der Waals surface area contributed by atoms with E-state index >= 15 is 0 Å². The molecule has 0 saturated heterocycles. The lowest BCUT2D eigenvalue weighted by Gasteiger charge is -2.04. The molecule has 3 rings (SSSR count). The first-order chi connectivity index (χ1) is 9.15. The van der Waals surface area contributed by atoms with Gasteiger partial charge < -0.3 is 10.6 Å². The molecule has 1 aliphatic carbocycles. The molecule has 6 heteroatoms. The molecule has 1 fully saturated rings. The first kappa shape index (κ1) is 12.4. The minimum atomic E-state index is -0.0909.